The summed E-state index contributed by atoms with van der Waals surface area (Å²) in [6.07, 6.45) is 3.64. The van der Waals surface area contributed by atoms with Crippen LogP contribution in [0.25, 0.3) is 0 Å². The largest absolute Gasteiger partial charge is 0.493 e. The minimum Gasteiger partial charge on any atom is -0.493 e. The Morgan fingerprint density at radius 2 is 1.96 bits per heavy atom. The van der Waals surface area contributed by atoms with Gasteiger partial charge in [-0.3, -0.25) is 9.78 Å². The van der Waals surface area contributed by atoms with E-state index >= 15 is 0 Å². The predicted molar refractivity (Wildman–Crippen MR) is 82.4 cm³/mol. The smallest absolute Gasteiger partial charge is 0.312 e. The van der Waals surface area contributed by atoms with Gasteiger partial charge in [-0.25, -0.2) is 0 Å². The molecule has 2 heterocycles. The van der Waals surface area contributed by atoms with Crippen molar-refractivity contribution in [3.05, 3.63) is 41.7 Å². The lowest BCUT2D eigenvalue weighted by Crippen LogP contribution is -2.22. The van der Waals surface area contributed by atoms with E-state index in [0.29, 0.717) is 23.0 Å². The van der Waals surface area contributed by atoms with Crippen molar-refractivity contribution >= 4 is 5.97 Å². The Morgan fingerprint density at radius 1 is 1.17 bits per heavy atom. The van der Waals surface area contributed by atoms with Crippen LogP contribution in [0.5, 0.6) is 23.0 Å². The van der Waals surface area contributed by atoms with E-state index in [9.17, 15) is 4.79 Å². The van der Waals surface area contributed by atoms with E-state index in [2.05, 4.69) is 4.98 Å². The van der Waals surface area contributed by atoms with Crippen LogP contribution in [0.1, 0.15) is 23.5 Å². The third-order valence-electron chi connectivity index (χ3n) is 3.86. The van der Waals surface area contributed by atoms with E-state index in [1.54, 1.807) is 32.7 Å². The molecule has 0 N–H and O–H groups in total. The number of carbonyl (C=O) groups excluding carboxylic acids is 1. The number of hydrogen-bond acceptors (Lipinski definition) is 6. The third kappa shape index (κ3) is 2.56. The topological polar surface area (TPSA) is 66.9 Å². The van der Waals surface area contributed by atoms with Crippen LogP contribution in [0.3, 0.4) is 0 Å². The summed E-state index contributed by atoms with van der Waals surface area (Å²) < 4.78 is 21.7. The first-order valence-corrected chi connectivity index (χ1v) is 7.13. The summed E-state index contributed by atoms with van der Waals surface area (Å²) >= 11 is 0. The summed E-state index contributed by atoms with van der Waals surface area (Å²) in [5, 5.41) is 0. The first kappa shape index (κ1) is 15.1. The van der Waals surface area contributed by atoms with Gasteiger partial charge < -0.3 is 18.9 Å². The summed E-state index contributed by atoms with van der Waals surface area (Å²) in [5.41, 5.74) is 1.67. The number of carbonyl (C=O) groups is 1. The Balaban J connectivity index is 2.25. The molecule has 0 spiro atoms. The van der Waals surface area contributed by atoms with Crippen molar-refractivity contribution < 1.29 is 23.7 Å². The Morgan fingerprint density at radius 3 is 2.57 bits per heavy atom. The number of ether oxygens (including phenoxy) is 4. The van der Waals surface area contributed by atoms with Crippen LogP contribution in [-0.2, 0) is 4.79 Å². The van der Waals surface area contributed by atoms with Crippen molar-refractivity contribution in [2.75, 3.05) is 21.3 Å². The van der Waals surface area contributed by atoms with E-state index in [1.165, 1.54) is 7.11 Å². The van der Waals surface area contributed by atoms with Gasteiger partial charge in [0.1, 0.15) is 5.75 Å². The molecule has 0 saturated heterocycles. The molecule has 3 rings (SSSR count). The van der Waals surface area contributed by atoms with Crippen molar-refractivity contribution in [2.45, 2.75) is 12.3 Å². The predicted octanol–water partition coefficient (Wildman–Crippen LogP) is 2.55. The molecular formula is C17H17NO5. The molecule has 0 fully saturated rings. The minimum absolute atomic E-state index is 0.213. The maximum Gasteiger partial charge on any atom is 0.312 e. The minimum atomic E-state index is -0.305. The molecule has 1 aliphatic heterocycles. The second-order valence-corrected chi connectivity index (χ2v) is 5.07. The van der Waals surface area contributed by atoms with Gasteiger partial charge in [-0.1, -0.05) is 6.07 Å². The van der Waals surface area contributed by atoms with Crippen LogP contribution in [0.2, 0.25) is 0 Å². The molecule has 0 saturated carbocycles. The normalized spacial score (nSPS) is 16.3. The lowest BCUT2D eigenvalue weighted by molar-refractivity contribution is -0.135. The van der Waals surface area contributed by atoms with E-state index in [0.717, 1.165) is 11.1 Å². The van der Waals surface area contributed by atoms with Gasteiger partial charge in [0.15, 0.2) is 11.5 Å². The van der Waals surface area contributed by atoms with Crippen LogP contribution >= 0.6 is 0 Å². The van der Waals surface area contributed by atoms with Gasteiger partial charge in [-0.15, -0.1) is 0 Å². The Kier molecular flexibility index (Phi) is 4.06. The molecule has 0 radical (unpaired) electrons. The second kappa shape index (κ2) is 6.16. The molecule has 6 nitrogen and oxygen atoms in total. The van der Waals surface area contributed by atoms with Gasteiger partial charge in [-0.2, -0.15) is 0 Å². The number of methoxy groups -OCH3 is 3. The van der Waals surface area contributed by atoms with Crippen LogP contribution < -0.4 is 18.9 Å². The Hall–Kier alpha value is -2.76. The average Bonchev–Trinajstić information content (AvgIpc) is 2.59. The highest BCUT2D eigenvalue weighted by Crippen LogP contribution is 2.52. The first-order chi connectivity index (χ1) is 11.2. The van der Waals surface area contributed by atoms with E-state index < -0.39 is 0 Å². The van der Waals surface area contributed by atoms with Gasteiger partial charge in [0.2, 0.25) is 5.75 Å². The maximum absolute atomic E-state index is 12.0. The van der Waals surface area contributed by atoms with Gasteiger partial charge in [0.25, 0.3) is 0 Å². The Bertz CT molecular complexity index is 730. The molecule has 0 amide bonds. The zero-order valence-electron chi connectivity index (χ0n) is 13.2. The second-order valence-electron chi connectivity index (χ2n) is 5.07. The number of hydrogen-bond donors (Lipinski definition) is 0. The molecule has 1 unspecified atom stereocenters. The zero-order chi connectivity index (χ0) is 16.4. The quantitative estimate of drug-likeness (QED) is 0.638. The van der Waals surface area contributed by atoms with Gasteiger partial charge in [-0.05, 0) is 11.6 Å². The fourth-order valence-electron chi connectivity index (χ4n) is 2.87. The number of rotatable bonds is 4. The summed E-state index contributed by atoms with van der Waals surface area (Å²) in [5.74, 6) is 1.33. The standard InChI is InChI=1S/C17H17NO5/c1-20-13-8-12-15(17(22-3)16(13)21-2)11(7-14(19)23-12)10-5-4-6-18-9-10/h4-6,8-9,11H,7H2,1-3H3. The lowest BCUT2D eigenvalue weighted by Gasteiger charge is -2.28. The van der Waals surface area contributed by atoms with Crippen LogP contribution in [0.4, 0.5) is 0 Å². The highest BCUT2D eigenvalue weighted by atomic mass is 16.5. The molecule has 1 aromatic carbocycles. The molecule has 6 heteroatoms. The zero-order valence-corrected chi connectivity index (χ0v) is 13.2. The molecular weight excluding hydrogens is 298 g/mol. The van der Waals surface area contributed by atoms with E-state index in [1.807, 2.05) is 12.1 Å². The number of nitrogens with zero attached hydrogens (tertiary/aromatic N) is 1. The highest BCUT2D eigenvalue weighted by molar-refractivity contribution is 5.80. The molecule has 1 aliphatic rings. The molecule has 120 valence electrons. The van der Waals surface area contributed by atoms with Gasteiger partial charge >= 0.3 is 5.97 Å². The van der Waals surface area contributed by atoms with Crippen LogP contribution in [-0.4, -0.2) is 32.3 Å². The van der Waals surface area contributed by atoms with Crippen molar-refractivity contribution in [1.29, 1.82) is 0 Å². The van der Waals surface area contributed by atoms with E-state index in [4.69, 9.17) is 18.9 Å². The molecule has 1 atom stereocenters. The first-order valence-electron chi connectivity index (χ1n) is 7.13. The van der Waals surface area contributed by atoms with E-state index in [-0.39, 0.29) is 18.3 Å². The monoisotopic (exact) mass is 315 g/mol. The fourth-order valence-corrected chi connectivity index (χ4v) is 2.87. The van der Waals surface area contributed by atoms with Crippen molar-refractivity contribution in [2.24, 2.45) is 0 Å². The maximum atomic E-state index is 12.0. The number of esters is 1. The van der Waals surface area contributed by atoms with Crippen molar-refractivity contribution in [3.8, 4) is 23.0 Å². The van der Waals surface area contributed by atoms with Crippen LogP contribution in [0, 0.1) is 0 Å². The lowest BCUT2D eigenvalue weighted by atomic mass is 9.86. The summed E-state index contributed by atoms with van der Waals surface area (Å²) in [6, 6.07) is 5.41. The van der Waals surface area contributed by atoms with Crippen molar-refractivity contribution in [3.63, 3.8) is 0 Å². The SMILES string of the molecule is COc1cc2c(c(OC)c1OC)C(c1cccnc1)CC(=O)O2. The molecule has 2 aromatic rings. The Labute approximate surface area is 134 Å². The van der Waals surface area contributed by atoms with Gasteiger partial charge in [0, 0.05) is 29.9 Å². The molecule has 1 aromatic heterocycles. The van der Waals surface area contributed by atoms with Gasteiger partial charge in [0.05, 0.1) is 27.8 Å². The summed E-state index contributed by atoms with van der Waals surface area (Å²) in [7, 11) is 4.61. The number of aromatic nitrogens is 1. The van der Waals surface area contributed by atoms with Crippen molar-refractivity contribution in [1.82, 2.24) is 4.98 Å². The summed E-state index contributed by atoms with van der Waals surface area (Å²) in [4.78, 5) is 16.1. The number of pyridine rings is 1. The average molecular weight is 315 g/mol. The number of fused-ring (bicyclic) bond motifs is 1. The fraction of sp³-hybridized carbons (Fsp3) is 0.294. The molecule has 23 heavy (non-hydrogen) atoms. The highest BCUT2D eigenvalue weighted by Gasteiger charge is 2.35. The van der Waals surface area contributed by atoms with Crippen LogP contribution in [0.15, 0.2) is 30.6 Å². The summed E-state index contributed by atoms with van der Waals surface area (Å²) in [6.45, 7) is 0. The molecule has 0 aliphatic carbocycles. The molecule has 0 bridgehead atoms. The third-order valence-corrected chi connectivity index (χ3v) is 3.86. The number of benzene rings is 1.